The molecule has 21 heavy (non-hydrogen) atoms. The number of benzene rings is 1. The lowest BCUT2D eigenvalue weighted by atomic mass is 10.1. The smallest absolute Gasteiger partial charge is 0.0855 e. The van der Waals surface area contributed by atoms with Crippen molar-refractivity contribution in [2.24, 2.45) is 7.05 Å². The maximum absolute atomic E-state index is 6.28. The van der Waals surface area contributed by atoms with E-state index in [1.807, 2.05) is 18.7 Å². The minimum atomic E-state index is 0.392. The van der Waals surface area contributed by atoms with E-state index in [9.17, 15) is 0 Å². The minimum Gasteiger partial charge on any atom is -0.310 e. The number of hydrogen-bond acceptors (Lipinski definition) is 3. The molecule has 0 spiro atoms. The van der Waals surface area contributed by atoms with Gasteiger partial charge in [0.25, 0.3) is 0 Å². The molecule has 0 amide bonds. The fourth-order valence-corrected chi connectivity index (χ4v) is 3.53. The van der Waals surface area contributed by atoms with E-state index in [4.69, 9.17) is 11.6 Å². The van der Waals surface area contributed by atoms with Gasteiger partial charge in [-0.2, -0.15) is 5.10 Å². The van der Waals surface area contributed by atoms with Gasteiger partial charge in [-0.1, -0.05) is 30.7 Å². The highest BCUT2D eigenvalue weighted by atomic mass is 35.5. The summed E-state index contributed by atoms with van der Waals surface area (Å²) < 4.78 is 1.87. The summed E-state index contributed by atoms with van der Waals surface area (Å²) in [5.41, 5.74) is 3.28. The van der Waals surface area contributed by atoms with Gasteiger partial charge in [-0.3, -0.25) is 4.68 Å². The maximum atomic E-state index is 6.28. The van der Waals surface area contributed by atoms with Gasteiger partial charge >= 0.3 is 0 Å². The lowest BCUT2D eigenvalue weighted by molar-refractivity contribution is 0.598. The van der Waals surface area contributed by atoms with E-state index >= 15 is 0 Å². The Morgan fingerprint density at radius 1 is 1.33 bits per heavy atom. The highest BCUT2D eigenvalue weighted by Gasteiger charge is 2.11. The van der Waals surface area contributed by atoms with Crippen LogP contribution in [0.1, 0.15) is 36.8 Å². The van der Waals surface area contributed by atoms with Crippen LogP contribution in [0.3, 0.4) is 0 Å². The normalized spacial score (nSPS) is 12.6. The van der Waals surface area contributed by atoms with E-state index in [0.717, 1.165) is 28.7 Å². The van der Waals surface area contributed by atoms with Gasteiger partial charge in [0.05, 0.1) is 16.4 Å². The highest BCUT2D eigenvalue weighted by Crippen LogP contribution is 2.28. The molecule has 0 aliphatic rings. The van der Waals surface area contributed by atoms with E-state index < -0.39 is 0 Å². The Labute approximate surface area is 136 Å². The number of aromatic nitrogens is 2. The van der Waals surface area contributed by atoms with Crippen molar-refractivity contribution in [3.05, 3.63) is 46.2 Å². The number of hydrogen-bond donors (Lipinski definition) is 1. The monoisotopic (exact) mass is 323 g/mol. The molecule has 1 N–H and O–H groups in total. The van der Waals surface area contributed by atoms with Gasteiger partial charge in [-0.25, -0.2) is 0 Å². The predicted molar refractivity (Wildman–Crippen MR) is 91.0 cm³/mol. The maximum Gasteiger partial charge on any atom is 0.0855 e. The SMILES string of the molecule is CCNC(C)c1ccc(SCc2c(Cl)c(C)nn2C)cc1. The predicted octanol–water partition coefficient (Wildman–Crippen LogP) is 4.34. The molecule has 1 heterocycles. The average molecular weight is 324 g/mol. The summed E-state index contributed by atoms with van der Waals surface area (Å²) in [5, 5.41) is 8.54. The number of rotatable bonds is 6. The van der Waals surface area contributed by atoms with Crippen molar-refractivity contribution >= 4 is 23.4 Å². The summed E-state index contributed by atoms with van der Waals surface area (Å²) in [6, 6.07) is 9.11. The van der Waals surface area contributed by atoms with Gasteiger partial charge in [-0.05, 0) is 38.1 Å². The first-order valence-electron chi connectivity index (χ1n) is 7.17. The van der Waals surface area contributed by atoms with Gasteiger partial charge < -0.3 is 5.32 Å². The fourth-order valence-electron chi connectivity index (χ4n) is 2.27. The first-order valence-corrected chi connectivity index (χ1v) is 8.53. The van der Waals surface area contributed by atoms with E-state index in [2.05, 4.69) is 48.5 Å². The van der Waals surface area contributed by atoms with Crippen LogP contribution in [-0.2, 0) is 12.8 Å². The topological polar surface area (TPSA) is 29.9 Å². The third-order valence-corrected chi connectivity index (χ3v) is 5.04. The second-order valence-corrected chi connectivity index (χ2v) is 6.53. The standard InChI is InChI=1S/C16H22ClN3S/c1-5-18-11(2)13-6-8-14(9-7-13)21-10-15-16(17)12(3)19-20(15)4/h6-9,11,18H,5,10H2,1-4H3. The number of thioether (sulfide) groups is 1. The van der Waals surface area contributed by atoms with Gasteiger partial charge in [0.15, 0.2) is 0 Å². The van der Waals surface area contributed by atoms with Crippen LogP contribution in [-0.4, -0.2) is 16.3 Å². The lowest BCUT2D eigenvalue weighted by Crippen LogP contribution is -2.17. The molecular formula is C16H22ClN3S. The summed E-state index contributed by atoms with van der Waals surface area (Å²) in [6.45, 7) is 7.23. The van der Waals surface area contributed by atoms with Crippen LogP contribution in [0.25, 0.3) is 0 Å². The third kappa shape index (κ3) is 4.02. The van der Waals surface area contributed by atoms with Crippen LogP contribution in [0.2, 0.25) is 5.02 Å². The molecule has 1 aromatic heterocycles. The van der Waals surface area contributed by atoms with E-state index in [1.165, 1.54) is 10.5 Å². The molecule has 0 radical (unpaired) electrons. The first kappa shape index (κ1) is 16.4. The third-order valence-electron chi connectivity index (χ3n) is 3.53. The Hall–Kier alpha value is -0.970. The van der Waals surface area contributed by atoms with E-state index in [-0.39, 0.29) is 0 Å². The molecule has 1 atom stereocenters. The number of aryl methyl sites for hydroxylation is 2. The first-order chi connectivity index (χ1) is 10.0. The molecule has 2 aromatic rings. The molecular weight excluding hydrogens is 302 g/mol. The Morgan fingerprint density at radius 2 is 2.00 bits per heavy atom. The van der Waals surface area contributed by atoms with Crippen molar-refractivity contribution in [3.63, 3.8) is 0 Å². The largest absolute Gasteiger partial charge is 0.310 e. The zero-order valence-corrected chi connectivity index (χ0v) is 14.6. The second kappa shape index (κ2) is 7.34. The van der Waals surface area contributed by atoms with Crippen LogP contribution in [0.4, 0.5) is 0 Å². The van der Waals surface area contributed by atoms with E-state index in [0.29, 0.717) is 6.04 Å². The van der Waals surface area contributed by atoms with Crippen molar-refractivity contribution in [1.82, 2.24) is 15.1 Å². The number of nitrogens with one attached hydrogen (secondary N) is 1. The molecule has 3 nitrogen and oxygen atoms in total. The Bertz CT molecular complexity index is 592. The molecule has 114 valence electrons. The summed E-state index contributed by atoms with van der Waals surface area (Å²) in [6.07, 6.45) is 0. The second-order valence-electron chi connectivity index (χ2n) is 5.11. The van der Waals surface area contributed by atoms with Crippen molar-refractivity contribution in [2.75, 3.05) is 6.54 Å². The lowest BCUT2D eigenvalue weighted by Gasteiger charge is -2.13. The zero-order chi connectivity index (χ0) is 15.4. The number of halogens is 1. The molecule has 0 aliphatic carbocycles. The summed E-state index contributed by atoms with van der Waals surface area (Å²) in [5.74, 6) is 0.832. The highest BCUT2D eigenvalue weighted by molar-refractivity contribution is 7.98. The molecule has 0 saturated carbocycles. The molecule has 0 bridgehead atoms. The number of nitrogens with zero attached hydrogens (tertiary/aromatic N) is 2. The molecule has 5 heteroatoms. The van der Waals surface area contributed by atoms with Crippen LogP contribution < -0.4 is 5.32 Å². The van der Waals surface area contributed by atoms with Crippen LogP contribution >= 0.6 is 23.4 Å². The Morgan fingerprint density at radius 3 is 2.52 bits per heavy atom. The van der Waals surface area contributed by atoms with Gasteiger partial charge in [0.2, 0.25) is 0 Å². The Kier molecular flexibility index (Phi) is 5.73. The zero-order valence-electron chi connectivity index (χ0n) is 13.0. The van der Waals surface area contributed by atoms with Gasteiger partial charge in [0.1, 0.15) is 0 Å². The van der Waals surface area contributed by atoms with Crippen molar-refractivity contribution in [3.8, 4) is 0 Å². The molecule has 0 saturated heterocycles. The molecule has 0 aliphatic heterocycles. The van der Waals surface area contributed by atoms with Crippen molar-refractivity contribution in [2.45, 2.75) is 37.5 Å². The quantitative estimate of drug-likeness (QED) is 0.802. The van der Waals surface area contributed by atoms with Crippen LogP contribution in [0.15, 0.2) is 29.2 Å². The Balaban J connectivity index is 2.01. The van der Waals surface area contributed by atoms with Gasteiger partial charge in [-0.15, -0.1) is 11.8 Å². The van der Waals surface area contributed by atoms with Crippen molar-refractivity contribution in [1.29, 1.82) is 0 Å². The summed E-state index contributed by atoms with van der Waals surface area (Å²) in [7, 11) is 1.94. The van der Waals surface area contributed by atoms with Gasteiger partial charge in [0, 0.05) is 23.7 Å². The molecule has 1 unspecified atom stereocenters. The molecule has 0 fully saturated rings. The fraction of sp³-hybridized carbons (Fsp3) is 0.438. The summed E-state index contributed by atoms with van der Waals surface area (Å²) >= 11 is 8.06. The minimum absolute atomic E-state index is 0.392. The average Bonchev–Trinajstić information content (AvgIpc) is 2.71. The molecule has 2 rings (SSSR count). The van der Waals surface area contributed by atoms with Crippen LogP contribution in [0, 0.1) is 6.92 Å². The summed E-state index contributed by atoms with van der Waals surface area (Å²) in [4.78, 5) is 1.25. The van der Waals surface area contributed by atoms with Crippen LogP contribution in [0.5, 0.6) is 0 Å². The van der Waals surface area contributed by atoms with Crippen molar-refractivity contribution < 1.29 is 0 Å². The van der Waals surface area contributed by atoms with E-state index in [1.54, 1.807) is 11.8 Å². The molecule has 1 aromatic carbocycles.